The van der Waals surface area contributed by atoms with Crippen LogP contribution < -0.4 is 16.4 Å². The summed E-state index contributed by atoms with van der Waals surface area (Å²) in [6.45, 7) is 0.354. The number of urea groups is 1. The summed E-state index contributed by atoms with van der Waals surface area (Å²) >= 11 is 0. The molecule has 2 rings (SSSR count). The Kier molecular flexibility index (Phi) is 6.54. The minimum absolute atomic E-state index is 0.202. The molecule has 0 radical (unpaired) electrons. The highest BCUT2D eigenvalue weighted by Gasteiger charge is 2.13. The van der Waals surface area contributed by atoms with E-state index in [-0.39, 0.29) is 11.9 Å². The number of nitrogens with zero attached hydrogens (tertiary/aromatic N) is 1. The van der Waals surface area contributed by atoms with Crippen molar-refractivity contribution in [2.75, 3.05) is 19.4 Å². The lowest BCUT2D eigenvalue weighted by Crippen LogP contribution is -2.41. The van der Waals surface area contributed by atoms with Crippen molar-refractivity contribution in [2.24, 2.45) is 5.73 Å². The fraction of sp³-hybridized carbons (Fsp3) is 0.263. The van der Waals surface area contributed by atoms with Crippen molar-refractivity contribution < 1.29 is 9.59 Å². The molecular formula is C19H24N4O2. The molecule has 0 spiro atoms. The molecule has 0 saturated heterocycles. The van der Waals surface area contributed by atoms with Gasteiger partial charge < -0.3 is 21.3 Å². The normalized spacial score (nSPS) is 11.5. The maximum absolute atomic E-state index is 12.2. The van der Waals surface area contributed by atoms with Gasteiger partial charge in [0.2, 0.25) is 5.91 Å². The van der Waals surface area contributed by atoms with E-state index in [4.69, 9.17) is 5.73 Å². The van der Waals surface area contributed by atoms with E-state index in [2.05, 4.69) is 10.6 Å². The van der Waals surface area contributed by atoms with Crippen LogP contribution in [0.2, 0.25) is 0 Å². The van der Waals surface area contributed by atoms with Gasteiger partial charge in [-0.25, -0.2) is 4.79 Å². The SMILES string of the molecule is CN(C)C(=O)Nc1cccc(CNC(=O)[C@@H](N)Cc2ccccc2)c1. The zero-order valence-corrected chi connectivity index (χ0v) is 14.5. The molecule has 0 bridgehead atoms. The van der Waals surface area contributed by atoms with E-state index < -0.39 is 6.04 Å². The molecule has 0 saturated carbocycles. The summed E-state index contributed by atoms with van der Waals surface area (Å²) < 4.78 is 0. The van der Waals surface area contributed by atoms with E-state index >= 15 is 0 Å². The zero-order chi connectivity index (χ0) is 18.2. The van der Waals surface area contributed by atoms with Gasteiger partial charge in [0, 0.05) is 26.3 Å². The number of benzene rings is 2. The summed E-state index contributed by atoms with van der Waals surface area (Å²) in [5, 5.41) is 5.61. The van der Waals surface area contributed by atoms with E-state index in [1.165, 1.54) is 4.90 Å². The first-order valence-electron chi connectivity index (χ1n) is 8.10. The van der Waals surface area contributed by atoms with E-state index in [0.29, 0.717) is 18.7 Å². The molecule has 6 nitrogen and oxygen atoms in total. The van der Waals surface area contributed by atoms with Crippen LogP contribution in [0.1, 0.15) is 11.1 Å². The minimum Gasteiger partial charge on any atom is -0.351 e. The predicted octanol–water partition coefficient (Wildman–Crippen LogP) is 1.97. The first kappa shape index (κ1) is 18.5. The summed E-state index contributed by atoms with van der Waals surface area (Å²) in [4.78, 5) is 25.3. The standard InChI is InChI=1S/C19H24N4O2/c1-23(2)19(25)22-16-10-6-9-15(11-16)13-21-18(24)17(20)12-14-7-4-3-5-8-14/h3-11,17H,12-13,20H2,1-2H3,(H,21,24)(H,22,25)/t17-/m0/s1. The summed E-state index contributed by atoms with van der Waals surface area (Å²) in [7, 11) is 3.35. The molecule has 4 N–H and O–H groups in total. The molecule has 6 heteroatoms. The Morgan fingerprint density at radius 1 is 1.04 bits per heavy atom. The molecule has 0 aliphatic heterocycles. The second-order valence-electron chi connectivity index (χ2n) is 6.04. The van der Waals surface area contributed by atoms with Gasteiger partial charge in [0.05, 0.1) is 6.04 Å². The lowest BCUT2D eigenvalue weighted by molar-refractivity contribution is -0.122. The Hall–Kier alpha value is -2.86. The third kappa shape index (κ3) is 5.93. The highest BCUT2D eigenvalue weighted by atomic mass is 16.2. The lowest BCUT2D eigenvalue weighted by Gasteiger charge is -2.14. The Balaban J connectivity index is 1.87. The lowest BCUT2D eigenvalue weighted by atomic mass is 10.1. The maximum Gasteiger partial charge on any atom is 0.321 e. The first-order chi connectivity index (χ1) is 12.0. The van der Waals surface area contributed by atoms with Gasteiger partial charge in [0.15, 0.2) is 0 Å². The molecule has 0 aromatic heterocycles. The highest BCUT2D eigenvalue weighted by molar-refractivity contribution is 5.89. The van der Waals surface area contributed by atoms with Crippen LogP contribution in [0.15, 0.2) is 54.6 Å². The quantitative estimate of drug-likeness (QED) is 0.751. The van der Waals surface area contributed by atoms with E-state index in [9.17, 15) is 9.59 Å². The van der Waals surface area contributed by atoms with Gasteiger partial charge in [-0.3, -0.25) is 4.79 Å². The number of amides is 3. The molecule has 0 aliphatic rings. The average molecular weight is 340 g/mol. The fourth-order valence-corrected chi connectivity index (χ4v) is 2.28. The number of nitrogens with one attached hydrogen (secondary N) is 2. The average Bonchev–Trinajstić information content (AvgIpc) is 2.60. The van der Waals surface area contributed by atoms with E-state index in [1.54, 1.807) is 20.2 Å². The Morgan fingerprint density at radius 3 is 2.40 bits per heavy atom. The van der Waals surface area contributed by atoms with Crippen LogP contribution in [-0.4, -0.2) is 37.0 Å². The molecule has 0 heterocycles. The Morgan fingerprint density at radius 2 is 1.72 bits per heavy atom. The predicted molar refractivity (Wildman–Crippen MR) is 99.1 cm³/mol. The molecule has 132 valence electrons. The van der Waals surface area contributed by atoms with Crippen molar-refractivity contribution in [3.63, 3.8) is 0 Å². The molecule has 25 heavy (non-hydrogen) atoms. The number of nitrogens with two attached hydrogens (primary N) is 1. The van der Waals surface area contributed by atoms with Crippen LogP contribution in [0, 0.1) is 0 Å². The monoisotopic (exact) mass is 340 g/mol. The van der Waals surface area contributed by atoms with Gasteiger partial charge in [0.25, 0.3) is 0 Å². The van der Waals surface area contributed by atoms with Crippen LogP contribution in [0.25, 0.3) is 0 Å². The minimum atomic E-state index is -0.598. The first-order valence-corrected chi connectivity index (χ1v) is 8.10. The number of anilines is 1. The van der Waals surface area contributed by atoms with Crippen molar-refractivity contribution in [1.29, 1.82) is 0 Å². The van der Waals surface area contributed by atoms with E-state index in [0.717, 1.165) is 11.1 Å². The molecule has 3 amide bonds. The van der Waals surface area contributed by atoms with Crippen molar-refractivity contribution in [3.8, 4) is 0 Å². The second kappa shape index (κ2) is 8.84. The van der Waals surface area contributed by atoms with Gasteiger partial charge >= 0.3 is 6.03 Å². The number of carbonyl (C=O) groups is 2. The topological polar surface area (TPSA) is 87.5 Å². The van der Waals surface area contributed by atoms with Crippen molar-refractivity contribution >= 4 is 17.6 Å². The van der Waals surface area contributed by atoms with Crippen LogP contribution in [0.4, 0.5) is 10.5 Å². The summed E-state index contributed by atoms with van der Waals surface area (Å²) in [6, 6.07) is 16.2. The highest BCUT2D eigenvalue weighted by Crippen LogP contribution is 2.11. The largest absolute Gasteiger partial charge is 0.351 e. The Bertz CT molecular complexity index is 716. The van der Waals surface area contributed by atoms with Gasteiger partial charge in [-0.1, -0.05) is 42.5 Å². The van der Waals surface area contributed by atoms with Gasteiger partial charge in [-0.15, -0.1) is 0 Å². The third-order valence-corrected chi connectivity index (χ3v) is 3.69. The number of hydrogen-bond donors (Lipinski definition) is 3. The maximum atomic E-state index is 12.2. The summed E-state index contributed by atoms with van der Waals surface area (Å²) in [6.07, 6.45) is 0.492. The van der Waals surface area contributed by atoms with Gasteiger partial charge in [0.1, 0.15) is 0 Å². The molecular weight excluding hydrogens is 316 g/mol. The molecule has 2 aromatic carbocycles. The number of carbonyl (C=O) groups excluding carboxylic acids is 2. The number of rotatable bonds is 6. The smallest absolute Gasteiger partial charge is 0.321 e. The second-order valence-corrected chi connectivity index (χ2v) is 6.04. The van der Waals surface area contributed by atoms with Crippen LogP contribution in [0.5, 0.6) is 0 Å². The fourth-order valence-electron chi connectivity index (χ4n) is 2.28. The van der Waals surface area contributed by atoms with Crippen LogP contribution in [-0.2, 0) is 17.8 Å². The third-order valence-electron chi connectivity index (χ3n) is 3.69. The molecule has 0 unspecified atom stereocenters. The molecule has 1 atom stereocenters. The van der Waals surface area contributed by atoms with Crippen LogP contribution in [0.3, 0.4) is 0 Å². The molecule has 0 aliphatic carbocycles. The van der Waals surface area contributed by atoms with Crippen molar-refractivity contribution in [1.82, 2.24) is 10.2 Å². The molecule has 0 fully saturated rings. The zero-order valence-electron chi connectivity index (χ0n) is 14.5. The van der Waals surface area contributed by atoms with Gasteiger partial charge in [-0.05, 0) is 29.7 Å². The van der Waals surface area contributed by atoms with Gasteiger partial charge in [-0.2, -0.15) is 0 Å². The van der Waals surface area contributed by atoms with Crippen molar-refractivity contribution in [3.05, 3.63) is 65.7 Å². The Labute approximate surface area is 148 Å². The molecule has 2 aromatic rings. The van der Waals surface area contributed by atoms with E-state index in [1.807, 2.05) is 48.5 Å². The summed E-state index contributed by atoms with van der Waals surface area (Å²) in [5.41, 5.74) is 8.56. The van der Waals surface area contributed by atoms with Crippen molar-refractivity contribution in [2.45, 2.75) is 19.0 Å². The van der Waals surface area contributed by atoms with Crippen LogP contribution >= 0.6 is 0 Å². The number of hydrogen-bond acceptors (Lipinski definition) is 3. The summed E-state index contributed by atoms with van der Waals surface area (Å²) in [5.74, 6) is -0.202.